The van der Waals surface area contributed by atoms with Gasteiger partial charge in [-0.3, -0.25) is 9.59 Å². The van der Waals surface area contributed by atoms with E-state index in [9.17, 15) is 14.7 Å². The number of aliphatic hydroxyl groups excluding tert-OH is 1. The first-order valence-corrected chi connectivity index (χ1v) is 6.94. The molecule has 0 aliphatic heterocycles. The van der Waals surface area contributed by atoms with Gasteiger partial charge in [0.15, 0.2) is 0 Å². The van der Waals surface area contributed by atoms with E-state index in [-0.39, 0.29) is 12.5 Å². The Morgan fingerprint density at radius 1 is 1.18 bits per heavy atom. The fourth-order valence-electron chi connectivity index (χ4n) is 2.15. The molecule has 5 heteroatoms. The van der Waals surface area contributed by atoms with E-state index in [2.05, 4.69) is 10.6 Å². The van der Waals surface area contributed by atoms with Crippen LogP contribution in [0, 0.1) is 6.92 Å². The van der Waals surface area contributed by atoms with Crippen LogP contribution < -0.4 is 10.6 Å². The van der Waals surface area contributed by atoms with E-state index in [4.69, 9.17) is 0 Å². The number of aryl methyl sites for hydroxylation is 1. The summed E-state index contributed by atoms with van der Waals surface area (Å²) in [5.41, 5.74) is 2.86. The highest BCUT2D eigenvalue weighted by atomic mass is 16.3. The van der Waals surface area contributed by atoms with Gasteiger partial charge in [-0.1, -0.05) is 24.3 Å². The number of amides is 2. The van der Waals surface area contributed by atoms with Gasteiger partial charge in [0.2, 0.25) is 6.41 Å². The number of carbonyl (C=O) groups excluding carboxylic acids is 2. The fourth-order valence-corrected chi connectivity index (χ4v) is 2.15. The quantitative estimate of drug-likeness (QED) is 0.714. The summed E-state index contributed by atoms with van der Waals surface area (Å²) in [6, 6.07) is 14.0. The topological polar surface area (TPSA) is 78.4 Å². The highest BCUT2D eigenvalue weighted by Crippen LogP contribution is 2.16. The molecule has 0 aliphatic rings. The number of carbonyl (C=O) groups is 2. The number of aliphatic hydroxyl groups is 1. The maximum atomic E-state index is 12.0. The Balaban J connectivity index is 1.94. The first-order valence-electron chi connectivity index (χ1n) is 6.94. The molecule has 0 bridgehead atoms. The van der Waals surface area contributed by atoms with Crippen molar-refractivity contribution in [2.75, 3.05) is 11.9 Å². The molecule has 0 saturated carbocycles. The molecule has 0 spiro atoms. The van der Waals surface area contributed by atoms with Crippen LogP contribution in [0.15, 0.2) is 48.5 Å². The number of hydrogen-bond donors (Lipinski definition) is 3. The van der Waals surface area contributed by atoms with E-state index >= 15 is 0 Å². The molecule has 114 valence electrons. The average molecular weight is 298 g/mol. The highest BCUT2D eigenvalue weighted by Gasteiger charge is 2.12. The molecule has 0 aromatic heterocycles. The standard InChI is InChI=1S/C17H18N2O3/c1-12-4-2-3-5-15(12)16(21)10-18-17(22)13-6-8-14(9-7-13)19-11-20/h2-9,11,16,21H,10H2,1H3,(H,18,22)(H,19,20). The SMILES string of the molecule is Cc1ccccc1C(O)CNC(=O)c1ccc(NC=O)cc1. The van der Waals surface area contributed by atoms with E-state index in [1.165, 1.54) is 0 Å². The Kier molecular flexibility index (Phi) is 5.27. The molecule has 1 unspecified atom stereocenters. The summed E-state index contributed by atoms with van der Waals surface area (Å²) in [5.74, 6) is -0.273. The maximum absolute atomic E-state index is 12.0. The van der Waals surface area contributed by atoms with Gasteiger partial charge < -0.3 is 15.7 Å². The van der Waals surface area contributed by atoms with Gasteiger partial charge in [-0.25, -0.2) is 0 Å². The average Bonchev–Trinajstić information content (AvgIpc) is 2.54. The molecule has 3 N–H and O–H groups in total. The van der Waals surface area contributed by atoms with Crippen LogP contribution in [0.3, 0.4) is 0 Å². The Bertz CT molecular complexity index is 653. The van der Waals surface area contributed by atoms with Crippen LogP contribution in [0.25, 0.3) is 0 Å². The Labute approximate surface area is 129 Å². The lowest BCUT2D eigenvalue weighted by Crippen LogP contribution is -2.28. The van der Waals surface area contributed by atoms with Crippen LogP contribution in [0.2, 0.25) is 0 Å². The monoisotopic (exact) mass is 298 g/mol. The number of anilines is 1. The molecule has 2 amide bonds. The summed E-state index contributed by atoms with van der Waals surface area (Å²) in [6.45, 7) is 2.05. The second kappa shape index (κ2) is 7.38. The summed E-state index contributed by atoms with van der Waals surface area (Å²) in [5, 5.41) is 15.3. The lowest BCUT2D eigenvalue weighted by molar-refractivity contribution is -0.105. The zero-order valence-corrected chi connectivity index (χ0v) is 12.2. The van der Waals surface area contributed by atoms with Gasteiger partial charge in [0.05, 0.1) is 6.10 Å². The van der Waals surface area contributed by atoms with Crippen molar-refractivity contribution in [1.29, 1.82) is 0 Å². The highest BCUT2D eigenvalue weighted by molar-refractivity contribution is 5.94. The van der Waals surface area contributed by atoms with Crippen molar-refractivity contribution in [2.45, 2.75) is 13.0 Å². The number of nitrogens with one attached hydrogen (secondary N) is 2. The smallest absolute Gasteiger partial charge is 0.251 e. The van der Waals surface area contributed by atoms with Gasteiger partial charge in [-0.2, -0.15) is 0 Å². The molecule has 2 aromatic rings. The van der Waals surface area contributed by atoms with Gasteiger partial charge in [-0.15, -0.1) is 0 Å². The van der Waals surface area contributed by atoms with Crippen molar-refractivity contribution in [3.8, 4) is 0 Å². The van der Waals surface area contributed by atoms with Crippen molar-refractivity contribution in [3.05, 3.63) is 65.2 Å². The minimum Gasteiger partial charge on any atom is -0.387 e. The lowest BCUT2D eigenvalue weighted by atomic mass is 10.0. The zero-order chi connectivity index (χ0) is 15.9. The third-order valence-electron chi connectivity index (χ3n) is 3.38. The first kappa shape index (κ1) is 15.7. The molecule has 0 aliphatic carbocycles. The minimum atomic E-state index is -0.749. The third-order valence-corrected chi connectivity index (χ3v) is 3.38. The summed E-state index contributed by atoms with van der Waals surface area (Å²) >= 11 is 0. The Hall–Kier alpha value is -2.66. The lowest BCUT2D eigenvalue weighted by Gasteiger charge is -2.14. The van der Waals surface area contributed by atoms with Crippen LogP contribution >= 0.6 is 0 Å². The van der Waals surface area contributed by atoms with Crippen LogP contribution in [-0.2, 0) is 4.79 Å². The second-order valence-corrected chi connectivity index (χ2v) is 4.92. The van der Waals surface area contributed by atoms with Crippen LogP contribution in [0.4, 0.5) is 5.69 Å². The maximum Gasteiger partial charge on any atom is 0.251 e. The Morgan fingerprint density at radius 3 is 2.50 bits per heavy atom. The predicted molar refractivity (Wildman–Crippen MR) is 84.6 cm³/mol. The first-order chi connectivity index (χ1) is 10.6. The molecule has 1 atom stereocenters. The molecule has 0 radical (unpaired) electrons. The summed E-state index contributed by atoms with van der Waals surface area (Å²) in [4.78, 5) is 22.3. The van der Waals surface area contributed by atoms with Crippen LogP contribution in [0.5, 0.6) is 0 Å². The molecule has 22 heavy (non-hydrogen) atoms. The number of benzene rings is 2. The van der Waals surface area contributed by atoms with Gasteiger partial charge in [0.1, 0.15) is 0 Å². The Morgan fingerprint density at radius 2 is 1.86 bits per heavy atom. The zero-order valence-electron chi connectivity index (χ0n) is 12.2. The van der Waals surface area contributed by atoms with Gasteiger partial charge in [0.25, 0.3) is 5.91 Å². The second-order valence-electron chi connectivity index (χ2n) is 4.92. The molecule has 0 fully saturated rings. The molecule has 0 heterocycles. The van der Waals surface area contributed by atoms with Gasteiger partial charge >= 0.3 is 0 Å². The molecular formula is C17H18N2O3. The third kappa shape index (κ3) is 3.93. The number of hydrogen-bond acceptors (Lipinski definition) is 3. The van der Waals surface area contributed by atoms with Crippen LogP contribution in [0.1, 0.15) is 27.6 Å². The van der Waals surface area contributed by atoms with E-state index in [0.717, 1.165) is 11.1 Å². The van der Waals surface area contributed by atoms with Crippen molar-refractivity contribution in [2.24, 2.45) is 0 Å². The van der Waals surface area contributed by atoms with Gasteiger partial charge in [-0.05, 0) is 42.3 Å². The molecular weight excluding hydrogens is 280 g/mol. The molecule has 0 saturated heterocycles. The van der Waals surface area contributed by atoms with E-state index < -0.39 is 6.10 Å². The van der Waals surface area contributed by atoms with Crippen molar-refractivity contribution >= 4 is 18.0 Å². The van der Waals surface area contributed by atoms with Crippen molar-refractivity contribution in [3.63, 3.8) is 0 Å². The molecule has 5 nitrogen and oxygen atoms in total. The predicted octanol–water partition coefficient (Wildman–Crippen LogP) is 2.03. The summed E-state index contributed by atoms with van der Waals surface area (Å²) in [7, 11) is 0. The minimum absolute atomic E-state index is 0.137. The fraction of sp³-hybridized carbons (Fsp3) is 0.176. The van der Waals surface area contributed by atoms with E-state index in [1.54, 1.807) is 24.3 Å². The molecule has 2 rings (SSSR count). The summed E-state index contributed by atoms with van der Waals surface area (Å²) in [6.07, 6.45) is -0.172. The van der Waals surface area contributed by atoms with E-state index in [1.807, 2.05) is 31.2 Å². The van der Waals surface area contributed by atoms with E-state index in [0.29, 0.717) is 17.7 Å². The largest absolute Gasteiger partial charge is 0.387 e. The van der Waals surface area contributed by atoms with Gasteiger partial charge in [0, 0.05) is 17.8 Å². The number of rotatable bonds is 6. The van der Waals surface area contributed by atoms with Crippen molar-refractivity contribution < 1.29 is 14.7 Å². The van der Waals surface area contributed by atoms with Crippen molar-refractivity contribution in [1.82, 2.24) is 5.32 Å². The normalized spacial score (nSPS) is 11.5. The van der Waals surface area contributed by atoms with Crippen LogP contribution in [-0.4, -0.2) is 24.0 Å². The molecule has 2 aromatic carbocycles. The summed E-state index contributed by atoms with van der Waals surface area (Å²) < 4.78 is 0.